The van der Waals surface area contributed by atoms with Crippen molar-refractivity contribution in [2.75, 3.05) is 17.2 Å². The summed E-state index contributed by atoms with van der Waals surface area (Å²) in [7, 11) is 3.15. The number of anilines is 1. The standard InChI is InChI=1S/C20H18BN5O3S/c21-17-18(22)26-19(25-20(17)29-14-5-7-30(27,28)8-6-14)15(11-24-26)13-9-12-3-1-2-4-16(12)23-10-13/h1-4,9-11,14H,5-8,22H2. The van der Waals surface area contributed by atoms with Gasteiger partial charge >= 0.3 is 0 Å². The fourth-order valence-corrected chi connectivity index (χ4v) is 5.11. The lowest BCUT2D eigenvalue weighted by Crippen LogP contribution is -2.33. The minimum absolute atomic E-state index is 0.0932. The molecule has 0 saturated carbocycles. The van der Waals surface area contributed by atoms with E-state index in [0.29, 0.717) is 18.5 Å². The summed E-state index contributed by atoms with van der Waals surface area (Å²) >= 11 is 0. The van der Waals surface area contributed by atoms with E-state index in [4.69, 9.17) is 18.3 Å². The number of fused-ring (bicyclic) bond motifs is 2. The topological polar surface area (TPSA) is 112 Å². The maximum absolute atomic E-state index is 11.7. The zero-order valence-corrected chi connectivity index (χ0v) is 16.8. The molecule has 1 aromatic carbocycles. The molecular weight excluding hydrogens is 401 g/mol. The van der Waals surface area contributed by atoms with E-state index in [1.54, 1.807) is 12.4 Å². The second-order valence-electron chi connectivity index (χ2n) is 7.40. The number of benzene rings is 1. The molecule has 8 nitrogen and oxygen atoms in total. The average Bonchev–Trinajstić information content (AvgIpc) is 3.17. The van der Waals surface area contributed by atoms with Gasteiger partial charge in [0, 0.05) is 28.2 Å². The van der Waals surface area contributed by atoms with Crippen LogP contribution in [0, 0.1) is 0 Å². The van der Waals surface area contributed by atoms with Gasteiger partial charge in [0.05, 0.1) is 23.2 Å². The molecule has 10 heteroatoms. The Labute approximate surface area is 174 Å². The number of aromatic nitrogens is 4. The second kappa shape index (κ2) is 6.98. The summed E-state index contributed by atoms with van der Waals surface area (Å²) in [5, 5.41) is 5.33. The van der Waals surface area contributed by atoms with E-state index < -0.39 is 9.84 Å². The Morgan fingerprint density at radius 1 is 1.17 bits per heavy atom. The highest BCUT2D eigenvalue weighted by Gasteiger charge is 2.26. The maximum Gasteiger partial charge on any atom is 0.211 e. The number of nitrogen functional groups attached to an aromatic ring is 1. The molecule has 2 radical (unpaired) electrons. The number of pyridine rings is 1. The van der Waals surface area contributed by atoms with Crippen molar-refractivity contribution in [3.05, 3.63) is 42.7 Å². The van der Waals surface area contributed by atoms with Crippen LogP contribution in [-0.4, -0.2) is 53.5 Å². The van der Waals surface area contributed by atoms with E-state index in [1.807, 2.05) is 30.3 Å². The third kappa shape index (κ3) is 3.26. The van der Waals surface area contributed by atoms with E-state index in [1.165, 1.54) is 4.52 Å². The smallest absolute Gasteiger partial charge is 0.211 e. The quantitative estimate of drug-likeness (QED) is 0.498. The molecule has 0 unspecified atom stereocenters. The summed E-state index contributed by atoms with van der Waals surface area (Å²) in [5.41, 5.74) is 9.36. The highest BCUT2D eigenvalue weighted by atomic mass is 32.2. The normalized spacial score (nSPS) is 16.8. The molecule has 4 heterocycles. The van der Waals surface area contributed by atoms with Gasteiger partial charge in [-0.2, -0.15) is 14.6 Å². The van der Waals surface area contributed by atoms with Crippen LogP contribution in [0.5, 0.6) is 5.88 Å². The minimum Gasteiger partial charge on any atom is -0.475 e. The molecule has 1 saturated heterocycles. The Kier molecular flexibility index (Phi) is 4.39. The number of nitrogens with two attached hydrogens (primary N) is 1. The molecule has 2 N–H and O–H groups in total. The maximum atomic E-state index is 11.7. The molecule has 150 valence electrons. The number of hydrogen-bond donors (Lipinski definition) is 1. The molecule has 0 amide bonds. The van der Waals surface area contributed by atoms with Crippen LogP contribution in [0.25, 0.3) is 27.7 Å². The van der Waals surface area contributed by atoms with Crippen LogP contribution in [0.2, 0.25) is 0 Å². The molecule has 1 aliphatic heterocycles. The second-order valence-corrected chi connectivity index (χ2v) is 9.70. The van der Waals surface area contributed by atoms with Crippen molar-refractivity contribution in [2.45, 2.75) is 18.9 Å². The Morgan fingerprint density at radius 2 is 1.93 bits per heavy atom. The largest absolute Gasteiger partial charge is 0.475 e. The summed E-state index contributed by atoms with van der Waals surface area (Å²) in [6.07, 6.45) is 3.95. The molecule has 0 bridgehead atoms. The summed E-state index contributed by atoms with van der Waals surface area (Å²) < 4.78 is 30.8. The molecule has 0 atom stereocenters. The Morgan fingerprint density at radius 3 is 2.73 bits per heavy atom. The Balaban J connectivity index is 1.56. The third-order valence-corrected chi connectivity index (χ3v) is 7.08. The van der Waals surface area contributed by atoms with Crippen molar-refractivity contribution in [2.24, 2.45) is 0 Å². The summed E-state index contributed by atoms with van der Waals surface area (Å²) in [6.45, 7) is 0. The van der Waals surface area contributed by atoms with Gasteiger partial charge in [0.2, 0.25) is 5.88 Å². The van der Waals surface area contributed by atoms with Gasteiger partial charge in [-0.15, -0.1) is 0 Å². The van der Waals surface area contributed by atoms with E-state index in [-0.39, 0.29) is 34.8 Å². The number of hydrogen-bond acceptors (Lipinski definition) is 7. The fourth-order valence-electron chi connectivity index (χ4n) is 3.66. The lowest BCUT2D eigenvalue weighted by atomic mass is 9.97. The summed E-state index contributed by atoms with van der Waals surface area (Å²) in [4.78, 5) is 9.08. The molecule has 5 rings (SSSR count). The minimum atomic E-state index is -2.99. The third-order valence-electron chi connectivity index (χ3n) is 5.37. The first kappa shape index (κ1) is 18.9. The van der Waals surface area contributed by atoms with Crippen molar-refractivity contribution >= 4 is 45.5 Å². The summed E-state index contributed by atoms with van der Waals surface area (Å²) in [5.74, 6) is 0.602. The van der Waals surface area contributed by atoms with Crippen molar-refractivity contribution in [1.82, 2.24) is 19.6 Å². The van der Waals surface area contributed by atoms with Crippen LogP contribution in [0.3, 0.4) is 0 Å². The van der Waals surface area contributed by atoms with Crippen LogP contribution < -0.4 is 15.9 Å². The van der Waals surface area contributed by atoms with Gasteiger partial charge in [-0.05, 0) is 25.0 Å². The van der Waals surface area contributed by atoms with Crippen LogP contribution in [0.4, 0.5) is 5.82 Å². The first-order valence-corrected chi connectivity index (χ1v) is 11.4. The van der Waals surface area contributed by atoms with Gasteiger partial charge < -0.3 is 10.5 Å². The molecule has 1 fully saturated rings. The molecule has 0 spiro atoms. The Hall–Kier alpha value is -3.14. The highest BCUT2D eigenvalue weighted by Crippen LogP contribution is 2.28. The number of rotatable bonds is 3. The highest BCUT2D eigenvalue weighted by molar-refractivity contribution is 7.91. The zero-order valence-electron chi connectivity index (χ0n) is 16.0. The van der Waals surface area contributed by atoms with Crippen molar-refractivity contribution in [1.29, 1.82) is 0 Å². The summed E-state index contributed by atoms with van der Waals surface area (Å²) in [6, 6.07) is 9.85. The molecule has 3 aromatic heterocycles. The van der Waals surface area contributed by atoms with Crippen molar-refractivity contribution in [3.8, 4) is 17.0 Å². The molecule has 30 heavy (non-hydrogen) atoms. The van der Waals surface area contributed by atoms with Gasteiger partial charge in [-0.25, -0.2) is 8.42 Å². The first-order valence-electron chi connectivity index (χ1n) is 9.56. The van der Waals surface area contributed by atoms with Crippen molar-refractivity contribution in [3.63, 3.8) is 0 Å². The van der Waals surface area contributed by atoms with E-state index >= 15 is 0 Å². The predicted octanol–water partition coefficient (Wildman–Crippen LogP) is 1.28. The lowest BCUT2D eigenvalue weighted by Gasteiger charge is -2.24. The number of sulfone groups is 1. The van der Waals surface area contributed by atoms with Crippen LogP contribution >= 0.6 is 0 Å². The van der Waals surface area contributed by atoms with Crippen LogP contribution in [-0.2, 0) is 9.84 Å². The van der Waals surface area contributed by atoms with Gasteiger partial charge in [0.1, 0.15) is 19.8 Å². The lowest BCUT2D eigenvalue weighted by molar-refractivity contribution is 0.184. The molecule has 4 aromatic rings. The molecule has 1 aliphatic rings. The number of ether oxygens (including phenoxy) is 1. The predicted molar refractivity (Wildman–Crippen MR) is 116 cm³/mol. The van der Waals surface area contributed by atoms with Crippen LogP contribution in [0.15, 0.2) is 42.7 Å². The fraction of sp³-hybridized carbons (Fsp3) is 0.250. The van der Waals surface area contributed by atoms with Crippen LogP contribution in [0.1, 0.15) is 12.8 Å². The van der Waals surface area contributed by atoms with Gasteiger partial charge in [-0.3, -0.25) is 4.98 Å². The average molecular weight is 419 g/mol. The van der Waals surface area contributed by atoms with E-state index in [2.05, 4.69) is 15.1 Å². The van der Waals surface area contributed by atoms with Gasteiger partial charge in [-0.1, -0.05) is 18.2 Å². The molecule has 0 aliphatic carbocycles. The van der Waals surface area contributed by atoms with E-state index in [0.717, 1.165) is 22.0 Å². The number of nitrogens with zero attached hydrogens (tertiary/aromatic N) is 4. The SMILES string of the molecule is [B]c1c(OC2CCS(=O)(=O)CC2)nc2c(-c3cnc4ccccc4c3)cnn2c1N. The number of para-hydroxylation sites is 1. The zero-order chi connectivity index (χ0) is 20.9. The monoisotopic (exact) mass is 419 g/mol. The Bertz CT molecular complexity index is 1370. The molecular formula is C20H18BN5O3S. The van der Waals surface area contributed by atoms with Gasteiger partial charge in [0.15, 0.2) is 15.5 Å². The van der Waals surface area contributed by atoms with Gasteiger partial charge in [0.25, 0.3) is 0 Å². The first-order chi connectivity index (χ1) is 14.4. The van der Waals surface area contributed by atoms with Crippen molar-refractivity contribution < 1.29 is 13.2 Å². The van der Waals surface area contributed by atoms with E-state index in [9.17, 15) is 8.42 Å².